The molecule has 0 unspecified atom stereocenters. The lowest BCUT2D eigenvalue weighted by molar-refractivity contribution is -0.113. The highest BCUT2D eigenvalue weighted by Crippen LogP contribution is 2.32. The molecule has 4 rings (SSSR count). The molecule has 5 nitrogen and oxygen atoms in total. The zero-order valence-electron chi connectivity index (χ0n) is 18.7. The number of nitrogens with one attached hydrogen (secondary N) is 1. The van der Waals surface area contributed by atoms with Crippen molar-refractivity contribution >= 4 is 35.0 Å². The molecule has 0 fully saturated rings. The van der Waals surface area contributed by atoms with E-state index >= 15 is 0 Å². The van der Waals surface area contributed by atoms with E-state index in [1.54, 1.807) is 0 Å². The molecule has 0 aliphatic rings. The van der Waals surface area contributed by atoms with Gasteiger partial charge in [-0.05, 0) is 41.3 Å². The van der Waals surface area contributed by atoms with Crippen LogP contribution in [0, 0.1) is 0 Å². The maximum Gasteiger partial charge on any atom is 0.234 e. The maximum absolute atomic E-state index is 12.8. The molecule has 168 valence electrons. The van der Waals surface area contributed by atoms with Crippen LogP contribution in [0.4, 0.5) is 5.69 Å². The average Bonchev–Trinajstić information content (AvgIpc) is 3.22. The number of benzene rings is 3. The molecule has 0 spiro atoms. The highest BCUT2D eigenvalue weighted by Gasteiger charge is 2.21. The lowest BCUT2D eigenvalue weighted by atomic mass is 9.86. The monoisotopic (exact) mass is 476 g/mol. The summed E-state index contributed by atoms with van der Waals surface area (Å²) >= 11 is 7.78. The van der Waals surface area contributed by atoms with E-state index in [-0.39, 0.29) is 17.1 Å². The van der Waals surface area contributed by atoms with Crippen molar-refractivity contribution in [2.24, 2.45) is 0 Å². The average molecular weight is 477 g/mol. The van der Waals surface area contributed by atoms with Gasteiger partial charge < -0.3 is 5.32 Å². The van der Waals surface area contributed by atoms with Crippen molar-refractivity contribution in [1.29, 1.82) is 0 Å². The predicted molar refractivity (Wildman–Crippen MR) is 136 cm³/mol. The molecule has 0 bridgehead atoms. The number of halogens is 1. The quantitative estimate of drug-likeness (QED) is 0.318. The number of hydrogen-bond donors (Lipinski definition) is 1. The molecule has 33 heavy (non-hydrogen) atoms. The van der Waals surface area contributed by atoms with E-state index in [2.05, 4.69) is 36.3 Å². The number of carbonyl (C=O) groups is 1. The Morgan fingerprint density at radius 1 is 0.939 bits per heavy atom. The number of nitrogens with zero attached hydrogens (tertiary/aromatic N) is 3. The molecule has 1 N–H and O–H groups in total. The van der Waals surface area contributed by atoms with Crippen molar-refractivity contribution in [3.63, 3.8) is 0 Å². The summed E-state index contributed by atoms with van der Waals surface area (Å²) in [6, 6.07) is 25.3. The summed E-state index contributed by atoms with van der Waals surface area (Å²) in [7, 11) is 0. The Labute approximate surface area is 203 Å². The number of anilines is 1. The molecule has 1 heterocycles. The lowest BCUT2D eigenvalue weighted by Gasteiger charge is -2.23. The molecule has 1 aromatic heterocycles. The van der Waals surface area contributed by atoms with Crippen LogP contribution in [0.5, 0.6) is 0 Å². The topological polar surface area (TPSA) is 59.8 Å². The summed E-state index contributed by atoms with van der Waals surface area (Å²) in [4.78, 5) is 12.8. The molecule has 7 heteroatoms. The minimum atomic E-state index is -0.0985. The second kappa shape index (κ2) is 9.81. The molecule has 4 aromatic rings. The van der Waals surface area contributed by atoms with Gasteiger partial charge in [0.15, 0.2) is 11.0 Å². The first-order chi connectivity index (χ1) is 15.8. The normalized spacial score (nSPS) is 11.4. The zero-order valence-corrected chi connectivity index (χ0v) is 20.3. The van der Waals surface area contributed by atoms with Crippen LogP contribution < -0.4 is 5.32 Å². The fourth-order valence-electron chi connectivity index (χ4n) is 3.55. The number of carbonyl (C=O) groups excluding carboxylic acids is 1. The Kier molecular flexibility index (Phi) is 6.86. The van der Waals surface area contributed by atoms with Crippen LogP contribution in [0.3, 0.4) is 0 Å². The number of aromatic nitrogens is 3. The molecular formula is C26H25ClN4OS. The van der Waals surface area contributed by atoms with Crippen LogP contribution in [-0.4, -0.2) is 26.4 Å². The van der Waals surface area contributed by atoms with Gasteiger partial charge in [0.05, 0.1) is 10.8 Å². The van der Waals surface area contributed by atoms with Crippen LogP contribution in [0.2, 0.25) is 5.02 Å². The van der Waals surface area contributed by atoms with Crippen molar-refractivity contribution in [2.45, 2.75) is 31.3 Å². The Morgan fingerprint density at radius 2 is 1.61 bits per heavy atom. The smallest absolute Gasteiger partial charge is 0.234 e. The number of hydrogen-bond acceptors (Lipinski definition) is 4. The SMILES string of the molecule is CC(C)(C)c1ccccc1NC(=O)CSc1nnc(-c2ccccc2Cl)n1-c1ccccc1. The molecule has 0 saturated carbocycles. The predicted octanol–water partition coefficient (Wildman–Crippen LogP) is 6.62. The van der Waals surface area contributed by atoms with Crippen LogP contribution in [0.25, 0.3) is 17.1 Å². The highest BCUT2D eigenvalue weighted by molar-refractivity contribution is 7.99. The lowest BCUT2D eigenvalue weighted by Crippen LogP contribution is -2.20. The van der Waals surface area contributed by atoms with E-state index in [1.807, 2.05) is 83.4 Å². The van der Waals surface area contributed by atoms with Crippen molar-refractivity contribution in [3.8, 4) is 17.1 Å². The zero-order chi connectivity index (χ0) is 23.4. The Bertz CT molecular complexity index is 1260. The minimum Gasteiger partial charge on any atom is -0.325 e. The highest BCUT2D eigenvalue weighted by atomic mass is 35.5. The Hall–Kier alpha value is -3.09. The Balaban J connectivity index is 1.60. The van der Waals surface area contributed by atoms with Crippen molar-refractivity contribution < 1.29 is 4.79 Å². The van der Waals surface area contributed by atoms with E-state index in [9.17, 15) is 4.79 Å². The fourth-order valence-corrected chi connectivity index (χ4v) is 4.52. The van der Waals surface area contributed by atoms with Gasteiger partial charge in [-0.2, -0.15) is 0 Å². The van der Waals surface area contributed by atoms with Gasteiger partial charge in [0.25, 0.3) is 0 Å². The third-order valence-corrected chi connectivity index (χ3v) is 6.36. The summed E-state index contributed by atoms with van der Waals surface area (Å²) in [5.74, 6) is 0.734. The van der Waals surface area contributed by atoms with E-state index in [4.69, 9.17) is 11.6 Å². The van der Waals surface area contributed by atoms with Gasteiger partial charge in [0, 0.05) is 16.9 Å². The van der Waals surface area contributed by atoms with Gasteiger partial charge >= 0.3 is 0 Å². The van der Waals surface area contributed by atoms with Crippen LogP contribution >= 0.6 is 23.4 Å². The Morgan fingerprint density at radius 3 is 2.33 bits per heavy atom. The first-order valence-corrected chi connectivity index (χ1v) is 12.0. The van der Waals surface area contributed by atoms with Crippen molar-refractivity contribution in [2.75, 3.05) is 11.1 Å². The van der Waals surface area contributed by atoms with E-state index < -0.39 is 0 Å². The summed E-state index contributed by atoms with van der Waals surface area (Å²) in [5.41, 5.74) is 3.53. The van der Waals surface area contributed by atoms with Gasteiger partial charge in [-0.1, -0.05) is 92.7 Å². The molecular weight excluding hydrogens is 452 g/mol. The van der Waals surface area contributed by atoms with E-state index in [0.717, 1.165) is 22.5 Å². The molecule has 1 amide bonds. The first-order valence-electron chi connectivity index (χ1n) is 10.6. The third kappa shape index (κ3) is 5.29. The molecule has 0 saturated heterocycles. The summed E-state index contributed by atoms with van der Waals surface area (Å²) in [6.45, 7) is 6.39. The van der Waals surface area contributed by atoms with Gasteiger partial charge in [-0.25, -0.2) is 0 Å². The van der Waals surface area contributed by atoms with Gasteiger partial charge in [0.2, 0.25) is 5.91 Å². The van der Waals surface area contributed by atoms with Crippen molar-refractivity contribution in [3.05, 3.63) is 89.4 Å². The maximum atomic E-state index is 12.8. The third-order valence-electron chi connectivity index (χ3n) is 5.10. The fraction of sp³-hybridized carbons (Fsp3) is 0.192. The number of para-hydroxylation sites is 2. The number of rotatable bonds is 6. The van der Waals surface area contributed by atoms with Gasteiger partial charge in [-0.3, -0.25) is 9.36 Å². The summed E-state index contributed by atoms with van der Waals surface area (Å²) in [5, 5.41) is 13.1. The summed E-state index contributed by atoms with van der Waals surface area (Å²) in [6.07, 6.45) is 0. The van der Waals surface area contributed by atoms with Crippen LogP contribution in [0.1, 0.15) is 26.3 Å². The number of amides is 1. The molecule has 0 atom stereocenters. The van der Waals surface area contributed by atoms with Gasteiger partial charge in [-0.15, -0.1) is 10.2 Å². The van der Waals surface area contributed by atoms with Crippen LogP contribution in [0.15, 0.2) is 84.0 Å². The van der Waals surface area contributed by atoms with Crippen LogP contribution in [-0.2, 0) is 10.2 Å². The second-order valence-corrected chi connectivity index (χ2v) is 9.94. The second-order valence-electron chi connectivity index (χ2n) is 8.59. The van der Waals surface area contributed by atoms with E-state index in [0.29, 0.717) is 16.0 Å². The van der Waals surface area contributed by atoms with E-state index in [1.165, 1.54) is 11.8 Å². The first kappa shape index (κ1) is 23.1. The molecule has 0 radical (unpaired) electrons. The summed E-state index contributed by atoms with van der Waals surface area (Å²) < 4.78 is 1.93. The molecule has 0 aliphatic heterocycles. The van der Waals surface area contributed by atoms with Crippen molar-refractivity contribution in [1.82, 2.24) is 14.8 Å². The molecule has 0 aliphatic carbocycles. The number of thioether (sulfide) groups is 1. The largest absolute Gasteiger partial charge is 0.325 e. The minimum absolute atomic E-state index is 0.0750. The standard InChI is InChI=1S/C26H25ClN4OS/c1-26(2,3)20-14-8-10-16-22(20)28-23(32)17-33-25-30-29-24(19-13-7-9-15-21(19)27)31(25)18-11-5-4-6-12-18/h4-16H,17H2,1-3H3,(H,28,32). The van der Waals surface area contributed by atoms with Gasteiger partial charge in [0.1, 0.15) is 0 Å². The molecule has 3 aromatic carbocycles.